The fraction of sp³-hybridized carbons (Fsp3) is 0.333. The molecule has 1 aliphatic rings. The molecule has 2 aromatic rings. The third kappa shape index (κ3) is 2.44. The summed E-state index contributed by atoms with van der Waals surface area (Å²) in [6, 6.07) is 3.66. The fourth-order valence-corrected chi connectivity index (χ4v) is 2.61. The Balaban J connectivity index is 2.12. The number of aromatic nitrogens is 3. The SMILES string of the molecule is COC(=O)Cn1nc(-c2cccnc2)c2c1CCCC2=O. The van der Waals surface area contributed by atoms with E-state index < -0.39 is 0 Å². The van der Waals surface area contributed by atoms with Crippen LogP contribution in [-0.2, 0) is 22.5 Å². The normalized spacial score (nSPS) is 13.9. The summed E-state index contributed by atoms with van der Waals surface area (Å²) < 4.78 is 6.27. The summed E-state index contributed by atoms with van der Waals surface area (Å²) in [5, 5.41) is 4.46. The monoisotopic (exact) mass is 285 g/mol. The first-order valence-electron chi connectivity index (χ1n) is 6.81. The van der Waals surface area contributed by atoms with Crippen LogP contribution in [0.3, 0.4) is 0 Å². The second-order valence-electron chi connectivity index (χ2n) is 4.92. The Kier molecular flexibility index (Phi) is 3.51. The van der Waals surface area contributed by atoms with Crippen molar-refractivity contribution in [2.45, 2.75) is 25.8 Å². The van der Waals surface area contributed by atoms with Crippen molar-refractivity contribution in [3.63, 3.8) is 0 Å². The van der Waals surface area contributed by atoms with Crippen molar-refractivity contribution in [3.05, 3.63) is 35.8 Å². The second kappa shape index (κ2) is 5.47. The molecule has 0 amide bonds. The van der Waals surface area contributed by atoms with Gasteiger partial charge in [0.15, 0.2) is 5.78 Å². The number of rotatable bonds is 3. The highest BCUT2D eigenvalue weighted by molar-refractivity contribution is 6.03. The molecule has 0 saturated carbocycles. The lowest BCUT2D eigenvalue weighted by Crippen LogP contribution is -2.18. The zero-order valence-electron chi connectivity index (χ0n) is 11.7. The topological polar surface area (TPSA) is 74.1 Å². The van der Waals surface area contributed by atoms with Gasteiger partial charge in [-0.3, -0.25) is 19.3 Å². The van der Waals surface area contributed by atoms with Crippen molar-refractivity contribution < 1.29 is 14.3 Å². The maximum absolute atomic E-state index is 12.3. The zero-order valence-corrected chi connectivity index (χ0v) is 11.7. The lowest BCUT2D eigenvalue weighted by atomic mass is 9.93. The van der Waals surface area contributed by atoms with Crippen LogP contribution in [0.2, 0.25) is 0 Å². The molecular formula is C15H15N3O3. The molecule has 6 nitrogen and oxygen atoms in total. The van der Waals surface area contributed by atoms with E-state index in [1.807, 2.05) is 6.07 Å². The minimum absolute atomic E-state index is 0.0202. The van der Waals surface area contributed by atoms with Crippen molar-refractivity contribution in [3.8, 4) is 11.3 Å². The zero-order chi connectivity index (χ0) is 14.8. The Hall–Kier alpha value is -2.50. The first-order chi connectivity index (χ1) is 10.2. The van der Waals surface area contributed by atoms with Crippen LogP contribution in [0.5, 0.6) is 0 Å². The van der Waals surface area contributed by atoms with Crippen molar-refractivity contribution in [2.75, 3.05) is 7.11 Å². The largest absolute Gasteiger partial charge is 0.468 e. The summed E-state index contributed by atoms with van der Waals surface area (Å²) in [5.74, 6) is -0.303. The molecule has 6 heteroatoms. The average Bonchev–Trinajstić information content (AvgIpc) is 2.88. The molecule has 0 unspecified atom stereocenters. The van der Waals surface area contributed by atoms with Gasteiger partial charge in [0.1, 0.15) is 12.2 Å². The third-order valence-corrected chi connectivity index (χ3v) is 3.60. The summed E-state index contributed by atoms with van der Waals surface area (Å²) in [6.45, 7) is 0.0202. The van der Waals surface area contributed by atoms with Gasteiger partial charge >= 0.3 is 5.97 Å². The number of hydrogen-bond donors (Lipinski definition) is 0. The van der Waals surface area contributed by atoms with Crippen LogP contribution in [0.25, 0.3) is 11.3 Å². The van der Waals surface area contributed by atoms with Crippen molar-refractivity contribution in [2.24, 2.45) is 0 Å². The minimum atomic E-state index is -0.379. The van der Waals surface area contributed by atoms with E-state index in [1.54, 1.807) is 23.1 Å². The quantitative estimate of drug-likeness (QED) is 0.801. The molecule has 0 fully saturated rings. The number of ether oxygens (including phenoxy) is 1. The minimum Gasteiger partial charge on any atom is -0.468 e. The smallest absolute Gasteiger partial charge is 0.327 e. The van der Waals surface area contributed by atoms with E-state index in [2.05, 4.69) is 14.8 Å². The molecule has 0 radical (unpaired) electrons. The van der Waals surface area contributed by atoms with Gasteiger partial charge in [-0.05, 0) is 25.0 Å². The van der Waals surface area contributed by atoms with Gasteiger partial charge in [-0.25, -0.2) is 0 Å². The molecule has 2 heterocycles. The second-order valence-corrected chi connectivity index (χ2v) is 4.92. The van der Waals surface area contributed by atoms with Gasteiger partial charge in [0.25, 0.3) is 0 Å². The number of esters is 1. The van der Waals surface area contributed by atoms with Gasteiger partial charge in [-0.15, -0.1) is 0 Å². The van der Waals surface area contributed by atoms with Gasteiger partial charge in [-0.1, -0.05) is 0 Å². The molecule has 0 saturated heterocycles. The first-order valence-corrected chi connectivity index (χ1v) is 6.81. The molecule has 2 aromatic heterocycles. The summed E-state index contributed by atoms with van der Waals surface area (Å²) in [7, 11) is 1.34. The van der Waals surface area contributed by atoms with Crippen LogP contribution < -0.4 is 0 Å². The van der Waals surface area contributed by atoms with Gasteiger partial charge in [-0.2, -0.15) is 5.10 Å². The van der Waals surface area contributed by atoms with Crippen molar-refractivity contribution in [1.29, 1.82) is 0 Å². The highest BCUT2D eigenvalue weighted by Gasteiger charge is 2.28. The van der Waals surface area contributed by atoms with E-state index in [0.29, 0.717) is 17.7 Å². The molecule has 0 aliphatic heterocycles. The number of nitrogens with zero attached hydrogens (tertiary/aromatic N) is 3. The number of methoxy groups -OCH3 is 1. The number of carbonyl (C=O) groups excluding carboxylic acids is 2. The average molecular weight is 285 g/mol. The molecule has 0 N–H and O–H groups in total. The molecular weight excluding hydrogens is 270 g/mol. The first kappa shape index (κ1) is 13.5. The Bertz CT molecular complexity index is 692. The van der Waals surface area contributed by atoms with Gasteiger partial charge < -0.3 is 4.74 Å². The van der Waals surface area contributed by atoms with Crippen LogP contribution in [0.1, 0.15) is 28.9 Å². The number of hydrogen-bond acceptors (Lipinski definition) is 5. The fourth-order valence-electron chi connectivity index (χ4n) is 2.61. The number of fused-ring (bicyclic) bond motifs is 1. The van der Waals surface area contributed by atoms with Crippen molar-refractivity contribution >= 4 is 11.8 Å². The Morgan fingerprint density at radius 2 is 2.29 bits per heavy atom. The lowest BCUT2D eigenvalue weighted by Gasteiger charge is -2.12. The number of carbonyl (C=O) groups is 2. The standard InChI is InChI=1S/C15H15N3O3/c1-21-13(20)9-18-11-5-2-6-12(19)14(11)15(17-18)10-4-3-7-16-8-10/h3-4,7-8H,2,5-6,9H2,1H3. The number of pyridine rings is 1. The molecule has 0 spiro atoms. The summed E-state index contributed by atoms with van der Waals surface area (Å²) in [5.41, 5.74) is 2.83. The van der Waals surface area contributed by atoms with E-state index in [0.717, 1.165) is 24.1 Å². The third-order valence-electron chi connectivity index (χ3n) is 3.60. The predicted octanol–water partition coefficient (Wildman–Crippen LogP) is 1.64. The van der Waals surface area contributed by atoms with Crippen LogP contribution in [-0.4, -0.2) is 33.6 Å². The van der Waals surface area contributed by atoms with Gasteiger partial charge in [0, 0.05) is 24.4 Å². The molecule has 3 rings (SSSR count). The molecule has 0 aromatic carbocycles. The lowest BCUT2D eigenvalue weighted by molar-refractivity contribution is -0.141. The van der Waals surface area contributed by atoms with E-state index in [9.17, 15) is 9.59 Å². The van der Waals surface area contributed by atoms with Crippen LogP contribution in [0.4, 0.5) is 0 Å². The highest BCUT2D eigenvalue weighted by Crippen LogP contribution is 2.30. The maximum Gasteiger partial charge on any atom is 0.327 e. The van der Waals surface area contributed by atoms with Crippen molar-refractivity contribution in [1.82, 2.24) is 14.8 Å². The molecule has 21 heavy (non-hydrogen) atoms. The van der Waals surface area contributed by atoms with Gasteiger partial charge in [0.2, 0.25) is 0 Å². The van der Waals surface area contributed by atoms with Crippen LogP contribution in [0, 0.1) is 0 Å². The van der Waals surface area contributed by atoms with E-state index in [4.69, 9.17) is 0 Å². The van der Waals surface area contributed by atoms with Gasteiger partial charge in [0.05, 0.1) is 18.4 Å². The molecule has 0 bridgehead atoms. The van der Waals surface area contributed by atoms with E-state index >= 15 is 0 Å². The number of Topliss-reactive ketones (excluding diaryl/α,β-unsaturated/α-hetero) is 1. The Labute approximate surface area is 121 Å². The summed E-state index contributed by atoms with van der Waals surface area (Å²) >= 11 is 0. The molecule has 108 valence electrons. The predicted molar refractivity (Wildman–Crippen MR) is 74.7 cm³/mol. The Morgan fingerprint density at radius 1 is 1.43 bits per heavy atom. The van der Waals surface area contributed by atoms with E-state index in [-0.39, 0.29) is 18.3 Å². The van der Waals surface area contributed by atoms with Crippen LogP contribution in [0.15, 0.2) is 24.5 Å². The van der Waals surface area contributed by atoms with Crippen LogP contribution >= 0.6 is 0 Å². The summed E-state index contributed by atoms with van der Waals surface area (Å²) in [6.07, 6.45) is 5.39. The molecule has 1 aliphatic carbocycles. The summed E-state index contributed by atoms with van der Waals surface area (Å²) in [4.78, 5) is 27.8. The highest BCUT2D eigenvalue weighted by atomic mass is 16.5. The Morgan fingerprint density at radius 3 is 3.00 bits per heavy atom. The molecule has 0 atom stereocenters. The number of ketones is 1. The van der Waals surface area contributed by atoms with E-state index in [1.165, 1.54) is 7.11 Å². The maximum atomic E-state index is 12.3.